The van der Waals surface area contributed by atoms with Crippen molar-refractivity contribution in [2.45, 2.75) is 6.92 Å². The summed E-state index contributed by atoms with van der Waals surface area (Å²) in [4.78, 5) is 12.9. The molecule has 0 spiro atoms. The Morgan fingerprint density at radius 2 is 1.39 bits per heavy atom. The summed E-state index contributed by atoms with van der Waals surface area (Å²) < 4.78 is 103. The van der Waals surface area contributed by atoms with E-state index in [2.05, 4.69) is 16.1 Å². The van der Waals surface area contributed by atoms with Crippen molar-refractivity contribution in [3.63, 3.8) is 0 Å². The van der Waals surface area contributed by atoms with E-state index in [0.717, 1.165) is 25.9 Å². The number of ether oxygens (including phenoxy) is 3. The highest BCUT2D eigenvalue weighted by molar-refractivity contribution is 7.86. The summed E-state index contributed by atoms with van der Waals surface area (Å²) in [7, 11) is -5.60. The van der Waals surface area contributed by atoms with Crippen LogP contribution in [-0.2, 0) is 39.3 Å². The fraction of sp³-hybridized carbons (Fsp3) is 0.242. The van der Waals surface area contributed by atoms with Crippen molar-refractivity contribution in [2.75, 3.05) is 47.2 Å². The van der Waals surface area contributed by atoms with Gasteiger partial charge < -0.3 is 32.3 Å². The van der Waals surface area contributed by atoms with Crippen LogP contribution in [0.4, 0.5) is 0 Å². The summed E-state index contributed by atoms with van der Waals surface area (Å²) in [5, 5.41) is 3.24. The van der Waals surface area contributed by atoms with E-state index in [9.17, 15) is 30.0 Å². The monoisotopic (exact) mass is 767 g/mol. The number of nitrogens with one attached hydrogen (secondary N) is 1. The molecule has 15 nitrogen and oxygen atoms in total. The van der Waals surface area contributed by atoms with Gasteiger partial charge in [-0.1, -0.05) is 12.6 Å². The molecule has 2 aromatic carbocycles. The number of fused-ring (bicyclic) bond motifs is 1. The van der Waals surface area contributed by atoms with Crippen LogP contribution in [0.25, 0.3) is 23.4 Å². The van der Waals surface area contributed by atoms with Crippen LogP contribution in [0.2, 0.25) is 0 Å². The topological polar surface area (TPSA) is 200 Å². The van der Waals surface area contributed by atoms with Crippen molar-refractivity contribution in [1.82, 2.24) is 5.32 Å². The molecule has 51 heavy (non-hydrogen) atoms. The van der Waals surface area contributed by atoms with Crippen LogP contribution in [-0.4, -0.2) is 72.5 Å². The van der Waals surface area contributed by atoms with Gasteiger partial charge in [-0.25, -0.2) is 4.79 Å². The molecule has 0 atom stereocenters. The predicted molar refractivity (Wildman–Crippen MR) is 192 cm³/mol. The molecule has 0 amide bonds. The van der Waals surface area contributed by atoms with E-state index in [-0.39, 0.29) is 28.8 Å². The molecule has 0 radical (unpaired) electrons. The zero-order valence-electron chi connectivity index (χ0n) is 28.9. The Bertz CT molecular complexity index is 2300. The quantitative estimate of drug-likeness (QED) is 0.158. The summed E-state index contributed by atoms with van der Waals surface area (Å²) in [5.41, 5.74) is 2.97. The standard InChI is InChI=1S/C31H31NO11S2.C2H6O3S/c1-18(38-3)8-10-24-19(2)22(17-29(33)41-24)30(21-9-11-25(26(15-21)39-4)42-44(6,34)35)31-23-16-27(40-5)28(43-45(7,36)37)14-20(23)12-13-32-31;1-5-6(2,3)4/h8-17,32H,1H2,2-7H3;1-2H3/b10-8-,31-30-;. The minimum absolute atomic E-state index is 0.0162. The van der Waals surface area contributed by atoms with Crippen molar-refractivity contribution in [1.29, 1.82) is 0 Å². The normalized spacial score (nSPS) is 13.6. The van der Waals surface area contributed by atoms with Crippen LogP contribution >= 0.6 is 0 Å². The molecule has 276 valence electrons. The summed E-state index contributed by atoms with van der Waals surface area (Å²) >= 11 is 0. The maximum absolute atomic E-state index is 12.9. The minimum Gasteiger partial charge on any atom is -0.497 e. The van der Waals surface area contributed by atoms with Gasteiger partial charge in [-0.3, -0.25) is 4.18 Å². The van der Waals surface area contributed by atoms with E-state index in [1.54, 1.807) is 49.6 Å². The van der Waals surface area contributed by atoms with Gasteiger partial charge in [-0.2, -0.15) is 25.3 Å². The molecular weight excluding hydrogens is 731 g/mol. The summed E-state index contributed by atoms with van der Waals surface area (Å²) in [5.74, 6) is 0.749. The smallest absolute Gasteiger partial charge is 0.336 e. The lowest BCUT2D eigenvalue weighted by molar-refractivity contribution is 0.309. The second kappa shape index (κ2) is 16.3. The number of hydrogen-bond donors (Lipinski definition) is 1. The van der Waals surface area contributed by atoms with E-state index < -0.39 is 36.0 Å². The van der Waals surface area contributed by atoms with Gasteiger partial charge in [0.25, 0.3) is 10.1 Å². The summed E-state index contributed by atoms with van der Waals surface area (Å²) in [6, 6.07) is 9.06. The molecule has 4 rings (SSSR count). The number of allylic oxidation sites excluding steroid dienone is 1. The molecule has 3 aromatic rings. The highest BCUT2D eigenvalue weighted by Gasteiger charge is 2.25. The van der Waals surface area contributed by atoms with Gasteiger partial charge in [0.1, 0.15) is 11.5 Å². The molecule has 1 N–H and O–H groups in total. The van der Waals surface area contributed by atoms with E-state index in [1.807, 2.05) is 0 Å². The second-order valence-electron chi connectivity index (χ2n) is 10.6. The number of rotatable bonds is 12. The molecule has 1 aliphatic heterocycles. The Morgan fingerprint density at radius 3 is 1.94 bits per heavy atom. The first-order valence-electron chi connectivity index (χ1n) is 14.4. The highest BCUT2D eigenvalue weighted by atomic mass is 32.2. The van der Waals surface area contributed by atoms with Gasteiger partial charge in [0.05, 0.1) is 52.9 Å². The molecule has 2 heterocycles. The van der Waals surface area contributed by atoms with Crippen LogP contribution < -0.4 is 28.8 Å². The third-order valence-electron chi connectivity index (χ3n) is 6.78. The van der Waals surface area contributed by atoms with E-state index in [4.69, 9.17) is 27.0 Å². The highest BCUT2D eigenvalue weighted by Crippen LogP contribution is 2.42. The third-order valence-corrected chi connectivity index (χ3v) is 8.35. The third kappa shape index (κ3) is 11.2. The molecule has 0 fully saturated rings. The van der Waals surface area contributed by atoms with Gasteiger partial charge >= 0.3 is 25.9 Å². The first-order chi connectivity index (χ1) is 23.7. The van der Waals surface area contributed by atoms with Crippen molar-refractivity contribution in [2.24, 2.45) is 0 Å². The van der Waals surface area contributed by atoms with E-state index >= 15 is 0 Å². The summed E-state index contributed by atoms with van der Waals surface area (Å²) in [6.07, 6.45) is 9.29. The van der Waals surface area contributed by atoms with Crippen molar-refractivity contribution in [3.8, 4) is 23.0 Å². The lowest BCUT2D eigenvalue weighted by Gasteiger charge is -2.24. The molecule has 0 bridgehead atoms. The molecule has 0 saturated heterocycles. The van der Waals surface area contributed by atoms with E-state index in [1.165, 1.54) is 39.5 Å². The first-order valence-corrected chi connectivity index (χ1v) is 19.8. The second-order valence-corrected chi connectivity index (χ2v) is 15.5. The molecule has 1 aliphatic rings. The van der Waals surface area contributed by atoms with Gasteiger partial charge in [0.15, 0.2) is 23.0 Å². The summed E-state index contributed by atoms with van der Waals surface area (Å²) in [6.45, 7) is 5.52. The maximum atomic E-state index is 12.9. The molecule has 0 saturated carbocycles. The lowest BCUT2D eigenvalue weighted by Crippen LogP contribution is -2.15. The van der Waals surface area contributed by atoms with Gasteiger partial charge in [0.2, 0.25) is 0 Å². The molecular formula is C33H37NO14S3. The molecule has 18 heteroatoms. The first kappa shape index (κ1) is 40.4. The Hall–Kier alpha value is -5.04. The Labute approximate surface area is 296 Å². The Balaban J connectivity index is 0.00000107. The SMILES string of the molecule is C=C(/C=C\c1oc(=O)cc(/C(=C2\NC=Cc3cc(OS(C)(=O)=O)c(OC)cc32)c2ccc(OS(C)(=O)=O)c(OC)c2)c1C)OC.COS(C)(=O)=O. The fourth-order valence-corrected chi connectivity index (χ4v) is 5.46. The molecule has 0 unspecified atom stereocenters. The number of methoxy groups -OCH3 is 3. The number of benzene rings is 2. The average molecular weight is 768 g/mol. The van der Waals surface area contributed by atoms with Crippen molar-refractivity contribution < 1.29 is 56.4 Å². The van der Waals surface area contributed by atoms with Crippen molar-refractivity contribution in [3.05, 3.63) is 105 Å². The Morgan fingerprint density at radius 1 is 0.804 bits per heavy atom. The maximum Gasteiger partial charge on any atom is 0.336 e. The van der Waals surface area contributed by atoms with Gasteiger partial charge in [-0.05, 0) is 66.1 Å². The fourth-order valence-electron chi connectivity index (χ4n) is 4.54. The zero-order chi connectivity index (χ0) is 38.3. The zero-order valence-corrected chi connectivity index (χ0v) is 31.4. The van der Waals surface area contributed by atoms with E-state index in [0.29, 0.717) is 44.8 Å². The Kier molecular flexibility index (Phi) is 12.9. The molecule has 0 aliphatic carbocycles. The van der Waals surface area contributed by atoms with Crippen LogP contribution in [0, 0.1) is 6.92 Å². The number of hydrogen-bond acceptors (Lipinski definition) is 15. The average Bonchev–Trinajstić information content (AvgIpc) is 3.04. The molecule has 1 aromatic heterocycles. The van der Waals surface area contributed by atoms with Crippen LogP contribution in [0.5, 0.6) is 23.0 Å². The predicted octanol–water partition coefficient (Wildman–Crippen LogP) is 3.90. The lowest BCUT2D eigenvalue weighted by atomic mass is 9.88. The van der Waals surface area contributed by atoms with Crippen molar-refractivity contribution >= 4 is 53.8 Å². The largest absolute Gasteiger partial charge is 0.497 e. The van der Waals surface area contributed by atoms with Crippen LogP contribution in [0.1, 0.15) is 33.6 Å². The van der Waals surface area contributed by atoms with Gasteiger partial charge in [0, 0.05) is 29.0 Å². The van der Waals surface area contributed by atoms with Gasteiger partial charge in [-0.15, -0.1) is 0 Å². The van der Waals surface area contributed by atoms with Crippen LogP contribution in [0.3, 0.4) is 0 Å². The minimum atomic E-state index is -3.87. The van der Waals surface area contributed by atoms with Crippen LogP contribution in [0.15, 0.2) is 70.2 Å².